The first-order chi connectivity index (χ1) is 11.6. The van der Waals surface area contributed by atoms with Crippen LogP contribution in [-0.2, 0) is 4.79 Å². The van der Waals surface area contributed by atoms with Crippen LogP contribution in [0, 0.1) is 0 Å². The summed E-state index contributed by atoms with van der Waals surface area (Å²) in [6.07, 6.45) is 2.26. The van der Waals surface area contributed by atoms with Gasteiger partial charge in [0.25, 0.3) is 0 Å². The number of fused-ring (bicyclic) bond motifs is 2. The van der Waals surface area contributed by atoms with Crippen LogP contribution in [-0.4, -0.2) is 22.3 Å². The van der Waals surface area contributed by atoms with E-state index in [1.54, 1.807) is 0 Å². The highest BCUT2D eigenvalue weighted by atomic mass is 16.5. The summed E-state index contributed by atoms with van der Waals surface area (Å²) in [7, 11) is 0. The predicted octanol–water partition coefficient (Wildman–Crippen LogP) is 4.01. The van der Waals surface area contributed by atoms with Gasteiger partial charge >= 0.3 is 0 Å². The van der Waals surface area contributed by atoms with Crippen molar-refractivity contribution in [1.82, 2.24) is 9.78 Å². The lowest BCUT2D eigenvalue weighted by molar-refractivity contribution is -0.116. The summed E-state index contributed by atoms with van der Waals surface area (Å²) in [4.78, 5) is 11.7. The van der Waals surface area contributed by atoms with Crippen molar-refractivity contribution in [2.75, 3.05) is 11.9 Å². The molecule has 2 heterocycles. The van der Waals surface area contributed by atoms with Crippen molar-refractivity contribution in [1.29, 1.82) is 0 Å². The third-order valence-electron chi connectivity index (χ3n) is 4.26. The second-order valence-corrected chi connectivity index (χ2v) is 6.29. The Hall–Kier alpha value is -2.82. The SMILES string of the molecule is CC(C)n1ncc2cc(-c3cccc4c3OCCC(=O)N4)ccc21. The molecule has 0 fully saturated rings. The quantitative estimate of drug-likeness (QED) is 0.776. The maximum Gasteiger partial charge on any atom is 0.227 e. The van der Waals surface area contributed by atoms with E-state index >= 15 is 0 Å². The first kappa shape index (κ1) is 14.8. The second-order valence-electron chi connectivity index (χ2n) is 6.29. The van der Waals surface area contributed by atoms with E-state index in [4.69, 9.17) is 4.74 Å². The molecule has 122 valence electrons. The zero-order chi connectivity index (χ0) is 16.7. The van der Waals surface area contributed by atoms with E-state index in [0.29, 0.717) is 19.1 Å². The molecule has 0 saturated carbocycles. The maximum atomic E-state index is 11.7. The van der Waals surface area contributed by atoms with E-state index in [0.717, 1.165) is 33.5 Å². The van der Waals surface area contributed by atoms with Crippen LogP contribution in [0.4, 0.5) is 5.69 Å². The smallest absolute Gasteiger partial charge is 0.227 e. The molecule has 2 aromatic carbocycles. The average Bonchev–Trinajstić information content (AvgIpc) is 2.89. The van der Waals surface area contributed by atoms with Crippen LogP contribution in [0.2, 0.25) is 0 Å². The van der Waals surface area contributed by atoms with Crippen LogP contribution in [0.1, 0.15) is 26.3 Å². The fourth-order valence-corrected chi connectivity index (χ4v) is 3.11. The number of nitrogens with one attached hydrogen (secondary N) is 1. The number of amides is 1. The molecule has 4 rings (SSSR count). The molecule has 1 aliphatic heterocycles. The zero-order valence-corrected chi connectivity index (χ0v) is 13.7. The van der Waals surface area contributed by atoms with Gasteiger partial charge in [-0.05, 0) is 37.6 Å². The van der Waals surface area contributed by atoms with Crippen molar-refractivity contribution < 1.29 is 9.53 Å². The number of anilines is 1. The van der Waals surface area contributed by atoms with Crippen molar-refractivity contribution >= 4 is 22.5 Å². The monoisotopic (exact) mass is 321 g/mol. The van der Waals surface area contributed by atoms with Gasteiger partial charge in [0.05, 0.1) is 30.4 Å². The summed E-state index contributed by atoms with van der Waals surface area (Å²) in [6.45, 7) is 4.63. The Bertz CT molecular complexity index is 928. The second kappa shape index (κ2) is 5.67. The summed E-state index contributed by atoms with van der Waals surface area (Å²) >= 11 is 0. The molecule has 0 saturated heterocycles. The standard InChI is InChI=1S/C19H19N3O2/c1-12(2)22-17-7-6-13(10-14(17)11-20-22)15-4-3-5-16-19(15)24-9-8-18(23)21-16/h3-7,10-12H,8-9H2,1-2H3,(H,21,23). The number of hydrogen-bond acceptors (Lipinski definition) is 3. The van der Waals surface area contributed by atoms with Crippen molar-refractivity contribution in [2.24, 2.45) is 0 Å². The van der Waals surface area contributed by atoms with Crippen LogP contribution in [0.3, 0.4) is 0 Å². The van der Waals surface area contributed by atoms with Gasteiger partial charge in [-0.15, -0.1) is 0 Å². The molecule has 0 radical (unpaired) electrons. The number of carbonyl (C=O) groups is 1. The molecule has 5 nitrogen and oxygen atoms in total. The summed E-state index contributed by atoms with van der Waals surface area (Å²) in [5, 5.41) is 8.47. The number of para-hydroxylation sites is 1. The van der Waals surface area contributed by atoms with Gasteiger partial charge in [-0.2, -0.15) is 5.10 Å². The third kappa shape index (κ3) is 2.42. The van der Waals surface area contributed by atoms with E-state index < -0.39 is 0 Å². The fourth-order valence-electron chi connectivity index (χ4n) is 3.11. The van der Waals surface area contributed by atoms with Crippen LogP contribution in [0.25, 0.3) is 22.0 Å². The Balaban J connectivity index is 1.83. The van der Waals surface area contributed by atoms with Crippen molar-refractivity contribution in [3.05, 3.63) is 42.6 Å². The Kier molecular flexibility index (Phi) is 3.49. The first-order valence-electron chi connectivity index (χ1n) is 8.17. The van der Waals surface area contributed by atoms with E-state index in [-0.39, 0.29) is 5.91 Å². The lowest BCUT2D eigenvalue weighted by atomic mass is 10.0. The highest BCUT2D eigenvalue weighted by Crippen LogP contribution is 2.38. The lowest BCUT2D eigenvalue weighted by Crippen LogP contribution is -2.10. The number of nitrogens with zero attached hydrogens (tertiary/aromatic N) is 2. The Morgan fingerprint density at radius 1 is 1.25 bits per heavy atom. The van der Waals surface area contributed by atoms with Crippen LogP contribution < -0.4 is 10.1 Å². The number of carbonyl (C=O) groups excluding carboxylic acids is 1. The van der Waals surface area contributed by atoms with Crippen LogP contribution >= 0.6 is 0 Å². The molecule has 0 bridgehead atoms. The lowest BCUT2D eigenvalue weighted by Gasteiger charge is -2.13. The van der Waals surface area contributed by atoms with Crippen molar-refractivity contribution in [3.8, 4) is 16.9 Å². The van der Waals surface area contributed by atoms with E-state index in [1.165, 1.54) is 0 Å². The minimum atomic E-state index is -0.0143. The van der Waals surface area contributed by atoms with Gasteiger partial charge in [0, 0.05) is 17.0 Å². The molecular formula is C19H19N3O2. The molecule has 0 unspecified atom stereocenters. The van der Waals surface area contributed by atoms with Crippen LogP contribution in [0.5, 0.6) is 5.75 Å². The normalized spacial score (nSPS) is 14.2. The molecule has 0 atom stereocenters. The summed E-state index contributed by atoms with van der Waals surface area (Å²) in [6, 6.07) is 12.4. The van der Waals surface area contributed by atoms with Gasteiger partial charge in [0.15, 0.2) is 5.75 Å². The molecular weight excluding hydrogens is 302 g/mol. The largest absolute Gasteiger partial charge is 0.490 e. The highest BCUT2D eigenvalue weighted by Gasteiger charge is 2.18. The van der Waals surface area contributed by atoms with Gasteiger partial charge in [-0.25, -0.2) is 0 Å². The van der Waals surface area contributed by atoms with Gasteiger partial charge in [0.1, 0.15) is 0 Å². The Morgan fingerprint density at radius 2 is 2.12 bits per heavy atom. The van der Waals surface area contributed by atoms with Gasteiger partial charge in [-0.1, -0.05) is 18.2 Å². The molecule has 24 heavy (non-hydrogen) atoms. The van der Waals surface area contributed by atoms with Crippen molar-refractivity contribution in [2.45, 2.75) is 26.3 Å². The van der Waals surface area contributed by atoms with E-state index in [9.17, 15) is 4.79 Å². The number of rotatable bonds is 2. The molecule has 3 aromatic rings. The fraction of sp³-hybridized carbons (Fsp3) is 0.263. The summed E-state index contributed by atoms with van der Waals surface area (Å²) < 4.78 is 7.87. The van der Waals surface area contributed by atoms with Gasteiger partial charge in [-0.3, -0.25) is 9.48 Å². The number of ether oxygens (including phenoxy) is 1. The average molecular weight is 321 g/mol. The minimum Gasteiger partial charge on any atom is -0.490 e. The van der Waals surface area contributed by atoms with E-state index in [1.807, 2.05) is 29.1 Å². The molecule has 1 aromatic heterocycles. The Labute approximate surface area is 140 Å². The summed E-state index contributed by atoms with van der Waals surface area (Å²) in [5.74, 6) is 0.721. The van der Waals surface area contributed by atoms with Crippen molar-refractivity contribution in [3.63, 3.8) is 0 Å². The van der Waals surface area contributed by atoms with E-state index in [2.05, 4.69) is 42.5 Å². The molecule has 0 aliphatic carbocycles. The maximum absolute atomic E-state index is 11.7. The molecule has 1 N–H and O–H groups in total. The Morgan fingerprint density at radius 3 is 2.96 bits per heavy atom. The number of hydrogen-bond donors (Lipinski definition) is 1. The third-order valence-corrected chi connectivity index (χ3v) is 4.26. The zero-order valence-electron chi connectivity index (χ0n) is 13.7. The molecule has 1 amide bonds. The van der Waals surface area contributed by atoms with Crippen LogP contribution in [0.15, 0.2) is 42.6 Å². The predicted molar refractivity (Wildman–Crippen MR) is 94.3 cm³/mol. The number of aromatic nitrogens is 2. The molecule has 0 spiro atoms. The summed E-state index contributed by atoms with van der Waals surface area (Å²) in [5.41, 5.74) is 3.88. The first-order valence-corrected chi connectivity index (χ1v) is 8.17. The highest BCUT2D eigenvalue weighted by molar-refractivity contribution is 5.96. The van der Waals surface area contributed by atoms with Gasteiger partial charge in [0.2, 0.25) is 5.91 Å². The molecule has 1 aliphatic rings. The topological polar surface area (TPSA) is 56.2 Å². The molecule has 5 heteroatoms. The number of benzene rings is 2. The minimum absolute atomic E-state index is 0.0143. The van der Waals surface area contributed by atoms with Gasteiger partial charge < -0.3 is 10.1 Å².